The number of esters is 1. The van der Waals surface area contributed by atoms with Gasteiger partial charge < -0.3 is 24.3 Å². The summed E-state index contributed by atoms with van der Waals surface area (Å²) in [5.74, 6) is 1.13. The first-order valence-corrected chi connectivity index (χ1v) is 15.5. The summed E-state index contributed by atoms with van der Waals surface area (Å²) in [6, 6.07) is 15.2. The van der Waals surface area contributed by atoms with E-state index in [1.54, 1.807) is 73.9 Å². The molecular formula is C31H38N6O7S. The van der Waals surface area contributed by atoms with Gasteiger partial charge in [-0.2, -0.15) is 4.98 Å². The molecule has 2 heterocycles. The Balaban J connectivity index is 0.000000838. The highest BCUT2D eigenvalue weighted by molar-refractivity contribution is 7.92. The number of sulfonamides is 1. The molecule has 0 spiro atoms. The van der Waals surface area contributed by atoms with Gasteiger partial charge in [0.2, 0.25) is 11.7 Å². The van der Waals surface area contributed by atoms with Crippen LogP contribution in [0.15, 0.2) is 78.2 Å². The molecule has 0 aliphatic rings. The first-order chi connectivity index (χ1) is 21.4. The van der Waals surface area contributed by atoms with Crippen LogP contribution in [0.1, 0.15) is 40.2 Å². The fourth-order valence-electron chi connectivity index (χ4n) is 3.63. The van der Waals surface area contributed by atoms with Crippen molar-refractivity contribution in [1.82, 2.24) is 19.9 Å². The number of rotatable bonds is 12. The Labute approximate surface area is 263 Å². The Morgan fingerprint density at radius 2 is 1.62 bits per heavy atom. The summed E-state index contributed by atoms with van der Waals surface area (Å²) in [5, 5.41) is 3.03. The number of carbonyl (C=O) groups excluding carboxylic acids is 1. The predicted molar refractivity (Wildman–Crippen MR) is 169 cm³/mol. The van der Waals surface area contributed by atoms with E-state index in [4.69, 9.17) is 14.2 Å². The van der Waals surface area contributed by atoms with E-state index in [0.717, 1.165) is 5.56 Å². The van der Waals surface area contributed by atoms with Crippen molar-refractivity contribution < 1.29 is 32.2 Å². The quantitative estimate of drug-likeness (QED) is 0.154. The standard InChI is InChI=1S/C27H30N6O5S.C4H8O2/c1-27(2,3)19-9-11-22(12-10-19)39(34,35)33-24-23(38-21-8-5-7-20(17-21)36-4)25(32-18-31-24)37-16-15-30-26-28-13-6-14-29-26;1-3-6-4(2)5/h5-14,17-18H,15-16H2,1-4H3,(H,28,29,30)(H,31,32,33);3H2,1-2H3. The van der Waals surface area contributed by atoms with Crippen molar-refractivity contribution in [2.45, 2.75) is 44.9 Å². The second kappa shape index (κ2) is 16.2. The van der Waals surface area contributed by atoms with Crippen molar-refractivity contribution >= 4 is 27.8 Å². The van der Waals surface area contributed by atoms with E-state index in [2.05, 4.69) is 55.5 Å². The lowest BCUT2D eigenvalue weighted by atomic mass is 9.87. The molecule has 0 aliphatic carbocycles. The van der Waals surface area contributed by atoms with Crippen molar-refractivity contribution in [2.24, 2.45) is 0 Å². The van der Waals surface area contributed by atoms with Crippen molar-refractivity contribution in [2.75, 3.05) is 36.9 Å². The molecule has 0 atom stereocenters. The molecule has 0 unspecified atom stereocenters. The molecule has 0 radical (unpaired) electrons. The second-order valence-corrected chi connectivity index (χ2v) is 12.0. The lowest BCUT2D eigenvalue weighted by molar-refractivity contribution is -0.140. The molecule has 0 saturated carbocycles. The zero-order valence-electron chi connectivity index (χ0n) is 26.1. The lowest BCUT2D eigenvalue weighted by Gasteiger charge is -2.19. The van der Waals surface area contributed by atoms with Crippen LogP contribution >= 0.6 is 0 Å². The van der Waals surface area contributed by atoms with Gasteiger partial charge in [-0.25, -0.2) is 23.4 Å². The molecule has 0 saturated heterocycles. The number of benzene rings is 2. The first kappa shape index (κ1) is 34.5. The number of nitrogens with one attached hydrogen (secondary N) is 2. The van der Waals surface area contributed by atoms with Crippen molar-refractivity contribution in [3.8, 4) is 23.1 Å². The van der Waals surface area contributed by atoms with Gasteiger partial charge in [0.15, 0.2) is 5.82 Å². The van der Waals surface area contributed by atoms with Crippen LogP contribution in [0.2, 0.25) is 0 Å². The van der Waals surface area contributed by atoms with E-state index in [-0.39, 0.29) is 40.3 Å². The van der Waals surface area contributed by atoms with Crippen LogP contribution in [0, 0.1) is 0 Å². The number of anilines is 2. The predicted octanol–water partition coefficient (Wildman–Crippen LogP) is 5.23. The maximum absolute atomic E-state index is 13.3. The van der Waals surface area contributed by atoms with Gasteiger partial charge in [0, 0.05) is 25.4 Å². The third-order valence-corrected chi connectivity index (χ3v) is 7.19. The second-order valence-electron chi connectivity index (χ2n) is 10.3. The molecule has 4 rings (SSSR count). The van der Waals surface area contributed by atoms with Crippen molar-refractivity contribution in [1.29, 1.82) is 0 Å². The molecular weight excluding hydrogens is 600 g/mol. The summed E-state index contributed by atoms with van der Waals surface area (Å²) >= 11 is 0. The largest absolute Gasteiger partial charge is 0.497 e. The normalized spacial score (nSPS) is 11.0. The number of hydrogen-bond acceptors (Lipinski definition) is 12. The minimum Gasteiger partial charge on any atom is -0.497 e. The van der Waals surface area contributed by atoms with Gasteiger partial charge in [-0.05, 0) is 48.2 Å². The Hall–Kier alpha value is -4.98. The van der Waals surface area contributed by atoms with Crippen LogP contribution in [0.25, 0.3) is 0 Å². The lowest BCUT2D eigenvalue weighted by Crippen LogP contribution is -2.17. The van der Waals surface area contributed by atoms with E-state index >= 15 is 0 Å². The maximum atomic E-state index is 13.3. The summed E-state index contributed by atoms with van der Waals surface area (Å²) < 4.78 is 50.6. The van der Waals surface area contributed by atoms with Gasteiger partial charge in [0.25, 0.3) is 15.9 Å². The van der Waals surface area contributed by atoms with Crippen LogP contribution < -0.4 is 24.2 Å². The van der Waals surface area contributed by atoms with Gasteiger partial charge in [-0.3, -0.25) is 9.52 Å². The first-order valence-electron chi connectivity index (χ1n) is 14.0. The molecule has 0 amide bonds. The van der Waals surface area contributed by atoms with Gasteiger partial charge in [-0.15, -0.1) is 0 Å². The van der Waals surface area contributed by atoms with Crippen molar-refractivity contribution in [3.05, 3.63) is 78.9 Å². The highest BCUT2D eigenvalue weighted by atomic mass is 32.2. The topological polar surface area (TPSA) is 164 Å². The van der Waals surface area contributed by atoms with Gasteiger partial charge in [0.05, 0.1) is 25.2 Å². The van der Waals surface area contributed by atoms with Crippen LogP contribution in [-0.2, 0) is 25.0 Å². The van der Waals surface area contributed by atoms with E-state index in [1.807, 2.05) is 0 Å². The molecule has 14 heteroatoms. The minimum absolute atomic E-state index is 0.00315. The van der Waals surface area contributed by atoms with Crippen LogP contribution in [-0.4, -0.2) is 61.2 Å². The van der Waals surface area contributed by atoms with Crippen LogP contribution in [0.4, 0.5) is 11.8 Å². The Morgan fingerprint density at radius 1 is 0.933 bits per heavy atom. The molecule has 240 valence electrons. The van der Waals surface area contributed by atoms with Crippen LogP contribution in [0.3, 0.4) is 0 Å². The van der Waals surface area contributed by atoms with Gasteiger partial charge >= 0.3 is 5.97 Å². The third-order valence-electron chi connectivity index (χ3n) is 5.83. The summed E-state index contributed by atoms with van der Waals surface area (Å²) in [4.78, 5) is 26.4. The highest BCUT2D eigenvalue weighted by Gasteiger charge is 2.23. The van der Waals surface area contributed by atoms with Crippen molar-refractivity contribution in [3.63, 3.8) is 0 Å². The molecule has 13 nitrogen and oxygen atoms in total. The number of ether oxygens (including phenoxy) is 4. The molecule has 0 bridgehead atoms. The number of nitrogens with zero attached hydrogens (tertiary/aromatic N) is 4. The van der Waals surface area contributed by atoms with E-state index in [1.165, 1.54) is 20.4 Å². The molecule has 2 N–H and O–H groups in total. The zero-order chi connectivity index (χ0) is 32.9. The molecule has 4 aromatic rings. The number of methoxy groups -OCH3 is 1. The Kier molecular flexibility index (Phi) is 12.4. The monoisotopic (exact) mass is 638 g/mol. The highest BCUT2D eigenvalue weighted by Crippen LogP contribution is 2.37. The summed E-state index contributed by atoms with van der Waals surface area (Å²) in [5.41, 5.74) is 0.893. The SMILES string of the molecule is CCOC(C)=O.COc1cccc(Oc2c(NS(=O)(=O)c3ccc(C(C)(C)C)cc3)ncnc2OCCNc2ncccn2)c1. The Morgan fingerprint density at radius 3 is 2.22 bits per heavy atom. The summed E-state index contributed by atoms with van der Waals surface area (Å²) in [7, 11) is -2.48. The van der Waals surface area contributed by atoms with E-state index < -0.39 is 10.0 Å². The van der Waals surface area contributed by atoms with Gasteiger partial charge in [-0.1, -0.05) is 39.0 Å². The van der Waals surface area contributed by atoms with E-state index in [0.29, 0.717) is 30.6 Å². The molecule has 2 aromatic heterocycles. The fourth-order valence-corrected chi connectivity index (χ4v) is 4.64. The average Bonchev–Trinajstić information content (AvgIpc) is 3.01. The fraction of sp³-hybridized carbons (Fsp3) is 0.323. The molecule has 0 fully saturated rings. The molecule has 45 heavy (non-hydrogen) atoms. The van der Waals surface area contributed by atoms with E-state index in [9.17, 15) is 13.2 Å². The molecule has 0 aliphatic heterocycles. The molecule has 2 aromatic carbocycles. The number of aromatic nitrogens is 4. The average molecular weight is 639 g/mol. The Bertz CT molecular complexity index is 1630. The number of carbonyl (C=O) groups is 1. The smallest absolute Gasteiger partial charge is 0.302 e. The summed E-state index contributed by atoms with van der Waals surface area (Å²) in [6.07, 6.45) is 4.44. The van der Waals surface area contributed by atoms with Gasteiger partial charge in [0.1, 0.15) is 24.4 Å². The van der Waals surface area contributed by atoms with Crippen LogP contribution in [0.5, 0.6) is 23.1 Å². The summed E-state index contributed by atoms with van der Waals surface area (Å²) in [6.45, 7) is 10.3. The third kappa shape index (κ3) is 10.9. The minimum atomic E-state index is -4.01. The maximum Gasteiger partial charge on any atom is 0.302 e. The number of hydrogen-bond donors (Lipinski definition) is 2. The zero-order valence-corrected chi connectivity index (χ0v) is 26.9.